The minimum Gasteiger partial charge on any atom is -0.458 e. The number of hydrogen-bond acceptors (Lipinski definition) is 3. The Balaban J connectivity index is 2.01. The number of aromatic nitrogens is 2. The van der Waals surface area contributed by atoms with Gasteiger partial charge in [0.2, 0.25) is 0 Å². The molecule has 0 amide bonds. The average molecular weight is 384 g/mol. The van der Waals surface area contributed by atoms with E-state index in [1.165, 1.54) is 6.42 Å². The summed E-state index contributed by atoms with van der Waals surface area (Å²) in [6.07, 6.45) is 1.18. The molecule has 0 aliphatic heterocycles. The quantitative estimate of drug-likeness (QED) is 0.818. The van der Waals surface area contributed by atoms with Crippen molar-refractivity contribution in [2.45, 2.75) is 39.0 Å². The molecule has 2 unspecified atom stereocenters. The van der Waals surface area contributed by atoms with E-state index in [-0.39, 0.29) is 11.5 Å². The van der Waals surface area contributed by atoms with Gasteiger partial charge in [-0.1, -0.05) is 20.8 Å². The first-order valence-electron chi connectivity index (χ1n) is 6.87. The topological polar surface area (TPSA) is 58.9 Å². The first kappa shape index (κ1) is 13.9. The maximum atomic E-state index is 12.0. The van der Waals surface area contributed by atoms with Crippen LogP contribution in [0.1, 0.15) is 50.5 Å². The zero-order valence-corrected chi connectivity index (χ0v) is 13.9. The van der Waals surface area contributed by atoms with Crippen molar-refractivity contribution in [1.29, 1.82) is 0 Å². The third-order valence-electron chi connectivity index (χ3n) is 3.77. The summed E-state index contributed by atoms with van der Waals surface area (Å²) in [6.45, 7) is 6.29. The van der Waals surface area contributed by atoms with E-state index in [2.05, 4.69) is 16.9 Å². The lowest BCUT2D eigenvalue weighted by Crippen LogP contribution is -2.17. The normalized spacial score (nSPS) is 21.4. The van der Waals surface area contributed by atoms with Gasteiger partial charge in [0.25, 0.3) is 5.56 Å². The van der Waals surface area contributed by atoms with Gasteiger partial charge in [-0.2, -0.15) is 0 Å². The van der Waals surface area contributed by atoms with Gasteiger partial charge in [0.15, 0.2) is 11.6 Å². The molecular formula is C15H17IN2O2. The van der Waals surface area contributed by atoms with Gasteiger partial charge < -0.3 is 9.40 Å². The standard InChI is InChI=1S/C15H17IN2O2/c1-7(2)13-12(16)15(19)18-14(17-13)11-5-4-10(20-11)9-6-8(9)3/h4-5,7-9H,6H2,1-3H3,(H,17,18,19). The fraction of sp³-hybridized carbons (Fsp3) is 0.467. The minimum absolute atomic E-state index is 0.1000. The Morgan fingerprint density at radius 3 is 2.75 bits per heavy atom. The summed E-state index contributed by atoms with van der Waals surface area (Å²) in [5, 5.41) is 0. The summed E-state index contributed by atoms with van der Waals surface area (Å²) in [7, 11) is 0. The highest BCUT2D eigenvalue weighted by Crippen LogP contribution is 2.47. The fourth-order valence-electron chi connectivity index (χ4n) is 2.37. The molecule has 2 heterocycles. The van der Waals surface area contributed by atoms with Crippen LogP contribution in [0.15, 0.2) is 21.3 Å². The Labute approximate surface area is 131 Å². The first-order chi connectivity index (χ1) is 9.47. The number of hydrogen-bond donors (Lipinski definition) is 1. The smallest absolute Gasteiger partial charge is 0.264 e. The number of nitrogens with zero attached hydrogens (tertiary/aromatic N) is 1. The second-order valence-electron chi connectivity index (χ2n) is 5.79. The highest BCUT2D eigenvalue weighted by Gasteiger charge is 2.36. The maximum absolute atomic E-state index is 12.0. The van der Waals surface area contributed by atoms with Crippen molar-refractivity contribution in [1.82, 2.24) is 9.97 Å². The summed E-state index contributed by atoms with van der Waals surface area (Å²) < 4.78 is 6.51. The second-order valence-corrected chi connectivity index (χ2v) is 6.87. The van der Waals surface area contributed by atoms with E-state index < -0.39 is 0 Å². The molecule has 0 saturated heterocycles. The number of furan rings is 1. The van der Waals surface area contributed by atoms with Crippen LogP contribution < -0.4 is 5.56 Å². The monoisotopic (exact) mass is 384 g/mol. The summed E-state index contributed by atoms with van der Waals surface area (Å²) >= 11 is 2.05. The van der Waals surface area contributed by atoms with Gasteiger partial charge in [0, 0.05) is 5.92 Å². The van der Waals surface area contributed by atoms with Gasteiger partial charge in [-0.3, -0.25) is 4.79 Å². The van der Waals surface area contributed by atoms with Gasteiger partial charge in [-0.25, -0.2) is 4.98 Å². The van der Waals surface area contributed by atoms with Gasteiger partial charge in [0.1, 0.15) is 5.76 Å². The van der Waals surface area contributed by atoms with Crippen LogP contribution in [0.5, 0.6) is 0 Å². The summed E-state index contributed by atoms with van der Waals surface area (Å²) in [5.74, 6) is 3.61. The van der Waals surface area contributed by atoms with Crippen LogP contribution in [-0.4, -0.2) is 9.97 Å². The maximum Gasteiger partial charge on any atom is 0.264 e. The van der Waals surface area contributed by atoms with Gasteiger partial charge in [0.05, 0.1) is 9.26 Å². The van der Waals surface area contributed by atoms with Crippen LogP contribution >= 0.6 is 22.6 Å². The van der Waals surface area contributed by atoms with E-state index in [1.54, 1.807) is 0 Å². The first-order valence-corrected chi connectivity index (χ1v) is 7.95. The Morgan fingerprint density at radius 1 is 1.45 bits per heavy atom. The average Bonchev–Trinajstić information content (AvgIpc) is 2.93. The van der Waals surface area contributed by atoms with E-state index in [0.717, 1.165) is 11.5 Å². The highest BCUT2D eigenvalue weighted by molar-refractivity contribution is 14.1. The number of halogens is 1. The van der Waals surface area contributed by atoms with Crippen molar-refractivity contribution in [2.24, 2.45) is 5.92 Å². The number of aromatic amines is 1. The van der Waals surface area contributed by atoms with Crippen LogP contribution in [-0.2, 0) is 0 Å². The predicted molar refractivity (Wildman–Crippen MR) is 85.9 cm³/mol. The van der Waals surface area contributed by atoms with Gasteiger partial charge >= 0.3 is 0 Å². The lowest BCUT2D eigenvalue weighted by molar-refractivity contribution is 0.514. The molecule has 0 bridgehead atoms. The van der Waals surface area contributed by atoms with Crippen molar-refractivity contribution in [3.05, 3.63) is 37.5 Å². The van der Waals surface area contributed by atoms with E-state index in [9.17, 15) is 4.79 Å². The predicted octanol–water partition coefficient (Wildman–Crippen LogP) is 3.88. The van der Waals surface area contributed by atoms with Crippen LogP contribution in [0.3, 0.4) is 0 Å². The van der Waals surface area contributed by atoms with E-state index in [1.807, 2.05) is 48.6 Å². The van der Waals surface area contributed by atoms with Gasteiger partial charge in [-0.05, 0) is 53.0 Å². The molecule has 2 aromatic rings. The largest absolute Gasteiger partial charge is 0.458 e. The molecule has 1 saturated carbocycles. The molecule has 4 nitrogen and oxygen atoms in total. The molecule has 5 heteroatoms. The summed E-state index contributed by atoms with van der Waals surface area (Å²) in [6, 6.07) is 3.89. The SMILES string of the molecule is CC(C)c1nc(-c2ccc(C3CC3C)o2)[nH]c(=O)c1I. The molecule has 2 atom stereocenters. The van der Waals surface area contributed by atoms with Crippen LogP contribution in [0.4, 0.5) is 0 Å². The van der Waals surface area contributed by atoms with Crippen molar-refractivity contribution in [3.8, 4) is 11.6 Å². The number of H-pyrrole nitrogens is 1. The third-order valence-corrected chi connectivity index (χ3v) is 4.81. The van der Waals surface area contributed by atoms with Crippen molar-refractivity contribution in [3.63, 3.8) is 0 Å². The molecule has 0 radical (unpaired) electrons. The lowest BCUT2D eigenvalue weighted by Gasteiger charge is -2.08. The molecule has 1 aliphatic carbocycles. The van der Waals surface area contributed by atoms with E-state index in [0.29, 0.717) is 27.0 Å². The Kier molecular flexibility index (Phi) is 3.48. The Bertz CT molecular complexity index is 702. The third kappa shape index (κ3) is 2.43. The molecule has 1 fully saturated rings. The van der Waals surface area contributed by atoms with E-state index in [4.69, 9.17) is 4.42 Å². The lowest BCUT2D eigenvalue weighted by atomic mass is 10.1. The van der Waals surface area contributed by atoms with Crippen LogP contribution in [0.2, 0.25) is 0 Å². The molecule has 0 spiro atoms. The summed E-state index contributed by atoms with van der Waals surface area (Å²) in [4.78, 5) is 19.4. The number of nitrogens with one attached hydrogen (secondary N) is 1. The zero-order valence-electron chi connectivity index (χ0n) is 11.7. The Hall–Kier alpha value is -1.11. The Morgan fingerprint density at radius 2 is 2.15 bits per heavy atom. The molecule has 2 aromatic heterocycles. The van der Waals surface area contributed by atoms with Crippen molar-refractivity contribution >= 4 is 22.6 Å². The molecule has 0 aromatic carbocycles. The zero-order chi connectivity index (χ0) is 14.4. The number of rotatable bonds is 3. The molecule has 3 rings (SSSR count). The molecule has 20 heavy (non-hydrogen) atoms. The van der Waals surface area contributed by atoms with Crippen LogP contribution in [0.25, 0.3) is 11.6 Å². The fourth-order valence-corrected chi connectivity index (χ4v) is 3.25. The molecule has 106 valence electrons. The van der Waals surface area contributed by atoms with Crippen LogP contribution in [0, 0.1) is 9.49 Å². The van der Waals surface area contributed by atoms with Crippen molar-refractivity contribution in [2.75, 3.05) is 0 Å². The molecule has 1 aliphatic rings. The summed E-state index contributed by atoms with van der Waals surface area (Å²) in [5.41, 5.74) is 0.721. The second kappa shape index (κ2) is 5.02. The van der Waals surface area contributed by atoms with E-state index >= 15 is 0 Å². The molecule has 1 N–H and O–H groups in total. The molecular weight excluding hydrogens is 367 g/mol. The minimum atomic E-state index is -0.1000. The van der Waals surface area contributed by atoms with Gasteiger partial charge in [-0.15, -0.1) is 0 Å². The van der Waals surface area contributed by atoms with Crippen molar-refractivity contribution < 1.29 is 4.42 Å². The highest BCUT2D eigenvalue weighted by atomic mass is 127.